The van der Waals surface area contributed by atoms with Gasteiger partial charge in [0.15, 0.2) is 0 Å². The van der Waals surface area contributed by atoms with E-state index in [9.17, 15) is 0 Å². The smallest absolute Gasteiger partial charge is 0.144 e. The van der Waals surface area contributed by atoms with Crippen LogP contribution in [0.1, 0.15) is 26.5 Å². The first-order valence-electron chi connectivity index (χ1n) is 5.93. The molecule has 1 aromatic carbocycles. The molecular formula is C15H16N2. The van der Waals surface area contributed by atoms with Gasteiger partial charge in [0, 0.05) is 28.9 Å². The minimum absolute atomic E-state index is 0.114. The lowest BCUT2D eigenvalue weighted by molar-refractivity contribution is 0.562. The summed E-state index contributed by atoms with van der Waals surface area (Å²) in [6.07, 6.45) is 3.92. The second-order valence-corrected chi connectivity index (χ2v) is 5.49. The summed E-state index contributed by atoms with van der Waals surface area (Å²) in [7, 11) is 0. The summed E-state index contributed by atoms with van der Waals surface area (Å²) in [6, 6.07) is 10.7. The average molecular weight is 224 g/mol. The van der Waals surface area contributed by atoms with Crippen molar-refractivity contribution in [3.63, 3.8) is 0 Å². The number of imidazole rings is 1. The Morgan fingerprint density at radius 3 is 2.65 bits per heavy atom. The zero-order valence-corrected chi connectivity index (χ0v) is 10.4. The van der Waals surface area contributed by atoms with E-state index in [-0.39, 0.29) is 5.41 Å². The Kier molecular flexibility index (Phi) is 2.02. The van der Waals surface area contributed by atoms with Gasteiger partial charge >= 0.3 is 0 Å². The lowest BCUT2D eigenvalue weighted by atomic mass is 9.90. The Bertz CT molecular complexity index is 687. The highest BCUT2D eigenvalue weighted by Crippen LogP contribution is 2.28. The van der Waals surface area contributed by atoms with E-state index in [1.54, 1.807) is 0 Å². The molecule has 86 valence electrons. The lowest BCUT2D eigenvalue weighted by Crippen LogP contribution is -2.16. The van der Waals surface area contributed by atoms with Gasteiger partial charge in [-0.15, -0.1) is 0 Å². The van der Waals surface area contributed by atoms with Gasteiger partial charge in [-0.3, -0.25) is 0 Å². The second kappa shape index (κ2) is 3.33. The molecule has 0 saturated heterocycles. The highest BCUT2D eigenvalue weighted by molar-refractivity contribution is 5.94. The van der Waals surface area contributed by atoms with Crippen LogP contribution >= 0.6 is 0 Å². The third kappa shape index (κ3) is 1.52. The lowest BCUT2D eigenvalue weighted by Gasteiger charge is -2.21. The van der Waals surface area contributed by atoms with E-state index in [1.807, 2.05) is 12.4 Å². The van der Waals surface area contributed by atoms with Gasteiger partial charge < -0.3 is 4.40 Å². The van der Waals surface area contributed by atoms with E-state index < -0.39 is 0 Å². The van der Waals surface area contributed by atoms with Crippen molar-refractivity contribution in [1.29, 1.82) is 0 Å². The topological polar surface area (TPSA) is 17.3 Å². The first-order chi connectivity index (χ1) is 8.07. The van der Waals surface area contributed by atoms with Crippen LogP contribution in [0, 0.1) is 0 Å². The van der Waals surface area contributed by atoms with Crippen molar-refractivity contribution in [2.75, 3.05) is 0 Å². The van der Waals surface area contributed by atoms with E-state index in [0.29, 0.717) is 0 Å². The summed E-state index contributed by atoms with van der Waals surface area (Å²) < 4.78 is 2.20. The second-order valence-electron chi connectivity index (χ2n) is 5.49. The van der Waals surface area contributed by atoms with Crippen LogP contribution in [0.5, 0.6) is 0 Å². The number of rotatable bonds is 0. The predicted molar refractivity (Wildman–Crippen MR) is 71.4 cm³/mol. The SMILES string of the molecule is CC(C)(C)c1cc2ccccc2c2nccn12. The van der Waals surface area contributed by atoms with Crippen LogP contribution in [0.25, 0.3) is 16.4 Å². The van der Waals surface area contributed by atoms with Gasteiger partial charge in [-0.1, -0.05) is 45.0 Å². The molecule has 3 rings (SSSR count). The molecule has 3 aromatic rings. The molecule has 0 atom stereocenters. The van der Waals surface area contributed by atoms with E-state index in [2.05, 4.69) is 60.5 Å². The van der Waals surface area contributed by atoms with Crippen molar-refractivity contribution >= 4 is 16.4 Å². The zero-order chi connectivity index (χ0) is 12.0. The van der Waals surface area contributed by atoms with Crippen molar-refractivity contribution in [2.24, 2.45) is 0 Å². The number of fused-ring (bicyclic) bond motifs is 3. The summed E-state index contributed by atoms with van der Waals surface area (Å²) in [5, 5.41) is 2.47. The molecule has 17 heavy (non-hydrogen) atoms. The molecule has 0 bridgehead atoms. The Balaban J connectivity index is 2.53. The highest BCUT2D eigenvalue weighted by atomic mass is 15.0. The quantitative estimate of drug-likeness (QED) is 0.568. The fraction of sp³-hybridized carbons (Fsp3) is 0.267. The highest BCUT2D eigenvalue weighted by Gasteiger charge is 2.18. The average Bonchev–Trinajstić information content (AvgIpc) is 2.75. The van der Waals surface area contributed by atoms with Crippen molar-refractivity contribution in [3.8, 4) is 0 Å². The van der Waals surface area contributed by atoms with Gasteiger partial charge in [-0.2, -0.15) is 0 Å². The molecule has 2 heterocycles. The number of hydrogen-bond donors (Lipinski definition) is 0. The van der Waals surface area contributed by atoms with Crippen LogP contribution < -0.4 is 0 Å². The zero-order valence-electron chi connectivity index (χ0n) is 10.4. The van der Waals surface area contributed by atoms with Crippen LogP contribution in [-0.4, -0.2) is 9.38 Å². The first kappa shape index (κ1) is 10.3. The number of benzene rings is 1. The summed E-state index contributed by atoms with van der Waals surface area (Å²) >= 11 is 0. The fourth-order valence-electron chi connectivity index (χ4n) is 2.32. The number of nitrogens with zero attached hydrogens (tertiary/aromatic N) is 2. The molecule has 2 heteroatoms. The molecule has 0 radical (unpaired) electrons. The van der Waals surface area contributed by atoms with Crippen LogP contribution in [0.15, 0.2) is 42.7 Å². The monoisotopic (exact) mass is 224 g/mol. The Labute approximate surface area is 101 Å². The Hall–Kier alpha value is -1.83. The molecular weight excluding hydrogens is 208 g/mol. The van der Waals surface area contributed by atoms with Crippen LogP contribution in [0.2, 0.25) is 0 Å². The molecule has 0 aliphatic carbocycles. The minimum atomic E-state index is 0.114. The van der Waals surface area contributed by atoms with Gasteiger partial charge in [-0.25, -0.2) is 4.98 Å². The summed E-state index contributed by atoms with van der Waals surface area (Å²) in [5.74, 6) is 0. The molecule has 2 nitrogen and oxygen atoms in total. The molecule has 2 aromatic heterocycles. The molecule has 0 unspecified atom stereocenters. The fourth-order valence-corrected chi connectivity index (χ4v) is 2.32. The van der Waals surface area contributed by atoms with Gasteiger partial charge in [0.05, 0.1) is 0 Å². The molecule has 0 aliphatic heterocycles. The molecule has 0 amide bonds. The normalized spacial score (nSPS) is 12.4. The molecule has 0 fully saturated rings. The van der Waals surface area contributed by atoms with Crippen molar-refractivity contribution in [3.05, 3.63) is 48.4 Å². The van der Waals surface area contributed by atoms with Crippen LogP contribution in [0.3, 0.4) is 0 Å². The minimum Gasteiger partial charge on any atom is -0.303 e. The molecule has 0 spiro atoms. The van der Waals surface area contributed by atoms with Gasteiger partial charge in [-0.05, 0) is 11.5 Å². The Morgan fingerprint density at radius 2 is 1.88 bits per heavy atom. The maximum absolute atomic E-state index is 4.48. The summed E-state index contributed by atoms with van der Waals surface area (Å²) in [5.41, 5.74) is 2.46. The predicted octanol–water partition coefficient (Wildman–Crippen LogP) is 3.79. The molecule has 0 aliphatic rings. The number of hydrogen-bond acceptors (Lipinski definition) is 1. The summed E-state index contributed by atoms with van der Waals surface area (Å²) in [4.78, 5) is 4.48. The van der Waals surface area contributed by atoms with Crippen LogP contribution in [-0.2, 0) is 5.41 Å². The molecule has 0 saturated carbocycles. The van der Waals surface area contributed by atoms with Gasteiger partial charge in [0.2, 0.25) is 0 Å². The van der Waals surface area contributed by atoms with Gasteiger partial charge in [0.1, 0.15) is 5.65 Å². The Morgan fingerprint density at radius 1 is 1.12 bits per heavy atom. The molecule has 0 N–H and O–H groups in total. The van der Waals surface area contributed by atoms with Crippen molar-refractivity contribution in [2.45, 2.75) is 26.2 Å². The third-order valence-corrected chi connectivity index (χ3v) is 3.16. The van der Waals surface area contributed by atoms with E-state index in [1.165, 1.54) is 16.5 Å². The van der Waals surface area contributed by atoms with Gasteiger partial charge in [0.25, 0.3) is 0 Å². The van der Waals surface area contributed by atoms with E-state index in [0.717, 1.165) is 5.65 Å². The number of pyridine rings is 1. The first-order valence-corrected chi connectivity index (χ1v) is 5.93. The largest absolute Gasteiger partial charge is 0.303 e. The maximum Gasteiger partial charge on any atom is 0.144 e. The van der Waals surface area contributed by atoms with Crippen molar-refractivity contribution in [1.82, 2.24) is 9.38 Å². The number of aromatic nitrogens is 2. The van der Waals surface area contributed by atoms with Crippen LogP contribution in [0.4, 0.5) is 0 Å². The standard InChI is InChI=1S/C15H16N2/c1-15(2,3)13-10-11-6-4-5-7-12(11)14-16-8-9-17(13)14/h4-10H,1-3H3. The summed E-state index contributed by atoms with van der Waals surface area (Å²) in [6.45, 7) is 6.70. The maximum atomic E-state index is 4.48. The third-order valence-electron chi connectivity index (χ3n) is 3.16. The van der Waals surface area contributed by atoms with E-state index >= 15 is 0 Å². The van der Waals surface area contributed by atoms with E-state index in [4.69, 9.17) is 0 Å². The van der Waals surface area contributed by atoms with Crippen molar-refractivity contribution < 1.29 is 0 Å².